The van der Waals surface area contributed by atoms with Gasteiger partial charge in [0.1, 0.15) is 0 Å². The van der Waals surface area contributed by atoms with Gasteiger partial charge in [0.2, 0.25) is 10.0 Å². The minimum Gasteiger partial charge on any atom is -0.321 e. The summed E-state index contributed by atoms with van der Waals surface area (Å²) in [7, 11) is -3.42. The van der Waals surface area contributed by atoms with Crippen LogP contribution in [-0.2, 0) is 10.0 Å². The fourth-order valence-corrected chi connectivity index (χ4v) is 3.26. The molecular formula is C18H17ClN4O3S. The zero-order valence-corrected chi connectivity index (χ0v) is 16.2. The number of aryl methyl sites for hydroxylation is 1. The summed E-state index contributed by atoms with van der Waals surface area (Å²) in [5.41, 5.74) is 2.45. The molecule has 7 nitrogen and oxygen atoms in total. The molecule has 0 aliphatic rings. The number of para-hydroxylation sites is 1. The predicted octanol–water partition coefficient (Wildman–Crippen LogP) is 3.46. The van der Waals surface area contributed by atoms with Gasteiger partial charge in [0.15, 0.2) is 5.69 Å². The van der Waals surface area contributed by atoms with Crippen LogP contribution in [0.4, 0.5) is 11.4 Å². The third-order valence-corrected chi connectivity index (χ3v) is 4.62. The first-order valence-electron chi connectivity index (χ1n) is 7.93. The summed E-state index contributed by atoms with van der Waals surface area (Å²) in [6.07, 6.45) is 2.71. The van der Waals surface area contributed by atoms with Crippen molar-refractivity contribution in [3.8, 4) is 5.69 Å². The summed E-state index contributed by atoms with van der Waals surface area (Å²) < 4.78 is 26.8. The van der Waals surface area contributed by atoms with Crippen LogP contribution in [0.2, 0.25) is 5.02 Å². The van der Waals surface area contributed by atoms with E-state index in [1.54, 1.807) is 49.5 Å². The fourth-order valence-electron chi connectivity index (χ4n) is 2.42. The second kappa shape index (κ2) is 7.42. The number of aromatic nitrogens is 2. The molecule has 9 heteroatoms. The quantitative estimate of drug-likeness (QED) is 0.681. The molecule has 2 aromatic carbocycles. The maximum Gasteiger partial charge on any atom is 0.276 e. The number of sulfonamides is 1. The lowest BCUT2D eigenvalue weighted by molar-refractivity contribution is 0.102. The van der Waals surface area contributed by atoms with E-state index in [1.165, 1.54) is 4.68 Å². The second-order valence-electron chi connectivity index (χ2n) is 5.96. The number of halogens is 1. The van der Waals surface area contributed by atoms with Gasteiger partial charge in [-0.3, -0.25) is 9.52 Å². The summed E-state index contributed by atoms with van der Waals surface area (Å²) in [6, 6.07) is 13.7. The van der Waals surface area contributed by atoms with Crippen molar-refractivity contribution < 1.29 is 13.2 Å². The normalized spacial score (nSPS) is 11.2. The molecular weight excluding hydrogens is 388 g/mol. The zero-order valence-electron chi connectivity index (χ0n) is 14.6. The van der Waals surface area contributed by atoms with Gasteiger partial charge in [-0.1, -0.05) is 29.8 Å². The first-order valence-corrected chi connectivity index (χ1v) is 10.2. The van der Waals surface area contributed by atoms with E-state index in [0.717, 1.165) is 11.8 Å². The number of benzene rings is 2. The lowest BCUT2D eigenvalue weighted by Gasteiger charge is -2.10. The van der Waals surface area contributed by atoms with E-state index in [4.69, 9.17) is 11.6 Å². The summed E-state index contributed by atoms with van der Waals surface area (Å²) in [5.74, 6) is -0.421. The molecule has 0 spiro atoms. The molecule has 2 N–H and O–H groups in total. The number of carbonyl (C=O) groups excluding carboxylic acids is 1. The Kier molecular flexibility index (Phi) is 5.20. The molecule has 0 radical (unpaired) electrons. The average molecular weight is 405 g/mol. The predicted molar refractivity (Wildman–Crippen MR) is 106 cm³/mol. The van der Waals surface area contributed by atoms with Crippen molar-refractivity contribution in [2.75, 3.05) is 16.3 Å². The molecule has 0 bridgehead atoms. The van der Waals surface area contributed by atoms with Crippen LogP contribution in [0.1, 0.15) is 16.1 Å². The lowest BCUT2D eigenvalue weighted by Crippen LogP contribution is -2.14. The van der Waals surface area contributed by atoms with Gasteiger partial charge in [0, 0.05) is 11.9 Å². The van der Waals surface area contributed by atoms with Gasteiger partial charge in [-0.05, 0) is 42.8 Å². The van der Waals surface area contributed by atoms with Crippen LogP contribution in [0, 0.1) is 6.92 Å². The fraction of sp³-hybridized carbons (Fsp3) is 0.111. The molecule has 0 fully saturated rings. The van der Waals surface area contributed by atoms with Crippen molar-refractivity contribution in [1.82, 2.24) is 9.78 Å². The topological polar surface area (TPSA) is 93.1 Å². The van der Waals surface area contributed by atoms with E-state index in [0.29, 0.717) is 22.1 Å². The van der Waals surface area contributed by atoms with Crippen molar-refractivity contribution in [2.24, 2.45) is 0 Å². The van der Waals surface area contributed by atoms with Gasteiger partial charge >= 0.3 is 0 Å². The van der Waals surface area contributed by atoms with Gasteiger partial charge in [-0.25, -0.2) is 13.1 Å². The van der Waals surface area contributed by atoms with E-state index in [-0.39, 0.29) is 5.69 Å². The first-order chi connectivity index (χ1) is 12.7. The Hall–Kier alpha value is -2.84. The maximum absolute atomic E-state index is 12.5. The Bertz CT molecular complexity index is 1110. The molecule has 0 saturated carbocycles. The molecule has 140 valence electrons. The number of nitrogens with zero attached hydrogens (tertiary/aromatic N) is 2. The molecule has 0 saturated heterocycles. The number of hydrogen-bond donors (Lipinski definition) is 2. The number of hydrogen-bond acceptors (Lipinski definition) is 4. The minimum absolute atomic E-state index is 0.202. The smallest absolute Gasteiger partial charge is 0.276 e. The highest BCUT2D eigenvalue weighted by atomic mass is 35.5. The minimum atomic E-state index is -3.42. The highest BCUT2D eigenvalue weighted by Gasteiger charge is 2.13. The zero-order chi connectivity index (χ0) is 19.6. The number of anilines is 2. The summed E-state index contributed by atoms with van der Waals surface area (Å²) >= 11 is 6.14. The lowest BCUT2D eigenvalue weighted by atomic mass is 10.2. The second-order valence-corrected chi connectivity index (χ2v) is 8.11. The van der Waals surface area contributed by atoms with Gasteiger partial charge in [-0.2, -0.15) is 5.10 Å². The van der Waals surface area contributed by atoms with Crippen LogP contribution in [0.5, 0.6) is 0 Å². The monoisotopic (exact) mass is 404 g/mol. The van der Waals surface area contributed by atoms with Crippen LogP contribution >= 0.6 is 11.6 Å². The van der Waals surface area contributed by atoms with E-state index in [1.807, 2.05) is 12.1 Å². The third kappa shape index (κ3) is 4.66. The number of carbonyl (C=O) groups is 1. The van der Waals surface area contributed by atoms with E-state index >= 15 is 0 Å². The average Bonchev–Trinajstić information content (AvgIpc) is 3.07. The number of nitrogens with one attached hydrogen (secondary N) is 2. The van der Waals surface area contributed by atoms with Crippen molar-refractivity contribution >= 4 is 38.9 Å². The molecule has 1 aromatic heterocycles. The Labute approximate surface area is 162 Å². The molecule has 0 atom stereocenters. The van der Waals surface area contributed by atoms with E-state index < -0.39 is 15.9 Å². The van der Waals surface area contributed by atoms with Gasteiger partial charge in [0.05, 0.1) is 22.7 Å². The van der Waals surface area contributed by atoms with Crippen molar-refractivity contribution in [3.63, 3.8) is 0 Å². The molecule has 1 heterocycles. The molecule has 0 aliphatic heterocycles. The Morgan fingerprint density at radius 1 is 1.15 bits per heavy atom. The van der Waals surface area contributed by atoms with Crippen LogP contribution in [0.25, 0.3) is 5.69 Å². The summed E-state index contributed by atoms with van der Waals surface area (Å²) in [4.78, 5) is 12.5. The molecule has 27 heavy (non-hydrogen) atoms. The number of rotatable bonds is 5. The summed E-state index contributed by atoms with van der Waals surface area (Å²) in [6.45, 7) is 1.77. The summed E-state index contributed by atoms with van der Waals surface area (Å²) in [5, 5.41) is 7.47. The third-order valence-electron chi connectivity index (χ3n) is 3.71. The van der Waals surface area contributed by atoms with Gasteiger partial charge < -0.3 is 5.32 Å². The number of amides is 1. The van der Waals surface area contributed by atoms with Crippen LogP contribution in [0.3, 0.4) is 0 Å². The molecule has 3 rings (SSSR count). The van der Waals surface area contributed by atoms with Gasteiger partial charge in [-0.15, -0.1) is 0 Å². The van der Waals surface area contributed by atoms with E-state index in [9.17, 15) is 13.2 Å². The Morgan fingerprint density at radius 2 is 1.89 bits per heavy atom. The molecule has 1 amide bonds. The molecule has 3 aromatic rings. The van der Waals surface area contributed by atoms with Crippen molar-refractivity contribution in [3.05, 3.63) is 71.0 Å². The molecule has 0 unspecified atom stereocenters. The van der Waals surface area contributed by atoms with Crippen molar-refractivity contribution in [1.29, 1.82) is 0 Å². The highest BCUT2D eigenvalue weighted by molar-refractivity contribution is 7.92. The maximum atomic E-state index is 12.5. The highest BCUT2D eigenvalue weighted by Crippen LogP contribution is 2.22. The molecule has 0 aliphatic carbocycles. The van der Waals surface area contributed by atoms with E-state index in [2.05, 4.69) is 15.1 Å². The van der Waals surface area contributed by atoms with Gasteiger partial charge in [0.25, 0.3) is 5.91 Å². The van der Waals surface area contributed by atoms with Crippen LogP contribution < -0.4 is 10.0 Å². The Balaban J connectivity index is 1.80. The van der Waals surface area contributed by atoms with Crippen LogP contribution in [0.15, 0.2) is 54.7 Å². The standard InChI is InChI=1S/C18H17ClN4O3S/c1-12-7-8-13(11-16(12)22-27(2,25)26)20-18(24)15-9-10-23(21-15)17-6-4-3-5-14(17)19/h3-11,22H,1-2H3,(H,20,24). The SMILES string of the molecule is Cc1ccc(NC(=O)c2ccn(-c3ccccc3Cl)n2)cc1NS(C)(=O)=O. The largest absolute Gasteiger partial charge is 0.321 e. The Morgan fingerprint density at radius 3 is 2.59 bits per heavy atom. The van der Waals surface area contributed by atoms with Crippen LogP contribution in [-0.4, -0.2) is 30.4 Å². The first kappa shape index (κ1) is 18.9. The van der Waals surface area contributed by atoms with Crippen molar-refractivity contribution in [2.45, 2.75) is 6.92 Å².